The monoisotopic (exact) mass is 336 g/mol. The van der Waals surface area contributed by atoms with Gasteiger partial charge in [-0.1, -0.05) is 30.3 Å². The lowest BCUT2D eigenvalue weighted by Crippen LogP contribution is -2.29. The minimum Gasteiger partial charge on any atom is -0.489 e. The van der Waals surface area contributed by atoms with Gasteiger partial charge in [-0.25, -0.2) is 0 Å². The Morgan fingerprint density at radius 1 is 1.20 bits per heavy atom. The zero-order valence-electron chi connectivity index (χ0n) is 13.8. The van der Waals surface area contributed by atoms with Gasteiger partial charge in [0.2, 0.25) is 0 Å². The summed E-state index contributed by atoms with van der Waals surface area (Å²) in [5.41, 5.74) is 2.52. The summed E-state index contributed by atoms with van der Waals surface area (Å²) in [7, 11) is 0. The third kappa shape index (κ3) is 3.37. The molecule has 2 aromatic carbocycles. The number of nitrogens with one attached hydrogen (secondary N) is 1. The molecule has 2 heterocycles. The van der Waals surface area contributed by atoms with E-state index in [0.717, 1.165) is 22.2 Å². The number of benzene rings is 2. The van der Waals surface area contributed by atoms with Crippen molar-refractivity contribution in [3.05, 3.63) is 65.9 Å². The standard InChI is InChI=1S/C20H20N2O3/c23-16-8-9-22(12-16)20(24)19-10-15-6-7-17(11-18(15)21-19)25-13-14-4-2-1-3-5-14/h1-7,10-11,16,21,23H,8-9,12-13H2. The number of carbonyl (C=O) groups is 1. The second-order valence-electron chi connectivity index (χ2n) is 6.40. The zero-order chi connectivity index (χ0) is 17.2. The Bertz CT molecular complexity index is 888. The van der Waals surface area contributed by atoms with Crippen molar-refractivity contribution in [1.29, 1.82) is 0 Å². The fourth-order valence-corrected chi connectivity index (χ4v) is 3.15. The van der Waals surface area contributed by atoms with E-state index in [9.17, 15) is 9.90 Å². The summed E-state index contributed by atoms with van der Waals surface area (Å²) in [5.74, 6) is 0.688. The molecule has 25 heavy (non-hydrogen) atoms. The third-order valence-corrected chi connectivity index (χ3v) is 4.52. The lowest BCUT2D eigenvalue weighted by Gasteiger charge is -2.13. The lowest BCUT2D eigenvalue weighted by atomic mass is 10.2. The maximum atomic E-state index is 12.5. The van der Waals surface area contributed by atoms with Gasteiger partial charge in [0.25, 0.3) is 5.91 Å². The van der Waals surface area contributed by atoms with E-state index < -0.39 is 6.10 Å². The molecule has 2 N–H and O–H groups in total. The Hall–Kier alpha value is -2.79. The van der Waals surface area contributed by atoms with Crippen molar-refractivity contribution in [1.82, 2.24) is 9.88 Å². The topological polar surface area (TPSA) is 65.6 Å². The Morgan fingerprint density at radius 3 is 2.80 bits per heavy atom. The molecule has 0 bridgehead atoms. The van der Waals surface area contributed by atoms with Crippen LogP contribution in [-0.4, -0.2) is 40.1 Å². The van der Waals surface area contributed by atoms with Gasteiger partial charge in [0.05, 0.1) is 6.10 Å². The summed E-state index contributed by atoms with van der Waals surface area (Å²) in [6, 6.07) is 17.6. The van der Waals surface area contributed by atoms with Crippen LogP contribution in [0, 0.1) is 0 Å². The van der Waals surface area contributed by atoms with Gasteiger partial charge in [-0.2, -0.15) is 0 Å². The van der Waals surface area contributed by atoms with Crippen LogP contribution < -0.4 is 4.74 Å². The number of hydrogen-bond acceptors (Lipinski definition) is 3. The average molecular weight is 336 g/mol. The summed E-state index contributed by atoms with van der Waals surface area (Å²) in [6.45, 7) is 1.50. The van der Waals surface area contributed by atoms with Crippen LogP contribution in [0.1, 0.15) is 22.5 Å². The van der Waals surface area contributed by atoms with Crippen LogP contribution >= 0.6 is 0 Å². The van der Waals surface area contributed by atoms with E-state index in [1.807, 2.05) is 54.6 Å². The van der Waals surface area contributed by atoms with E-state index >= 15 is 0 Å². The van der Waals surface area contributed by atoms with Crippen LogP contribution in [0.15, 0.2) is 54.6 Å². The molecule has 1 atom stereocenters. The second kappa shape index (κ2) is 6.61. The van der Waals surface area contributed by atoms with Crippen LogP contribution in [0.3, 0.4) is 0 Å². The smallest absolute Gasteiger partial charge is 0.270 e. The van der Waals surface area contributed by atoms with Crippen LogP contribution in [0.5, 0.6) is 5.75 Å². The van der Waals surface area contributed by atoms with Crippen molar-refractivity contribution in [2.24, 2.45) is 0 Å². The molecular formula is C20H20N2O3. The SMILES string of the molecule is O=C(c1cc2ccc(OCc3ccccc3)cc2[nH]1)N1CCC(O)C1. The number of β-amino-alcohol motifs (C(OH)–C–C–N with tert-alkyl or cyclic N) is 1. The van der Waals surface area contributed by atoms with Gasteiger partial charge < -0.3 is 19.7 Å². The maximum Gasteiger partial charge on any atom is 0.270 e. The number of nitrogens with zero attached hydrogens (tertiary/aromatic N) is 1. The molecule has 0 radical (unpaired) electrons. The average Bonchev–Trinajstić information content (AvgIpc) is 3.26. The van der Waals surface area contributed by atoms with Gasteiger partial charge in [0.15, 0.2) is 0 Å². The highest BCUT2D eigenvalue weighted by atomic mass is 16.5. The normalized spacial score (nSPS) is 17.2. The van der Waals surface area contributed by atoms with Crippen molar-refractivity contribution in [3.8, 4) is 5.75 Å². The van der Waals surface area contributed by atoms with Gasteiger partial charge in [0, 0.05) is 30.1 Å². The first kappa shape index (κ1) is 15.7. The van der Waals surface area contributed by atoms with Crippen molar-refractivity contribution >= 4 is 16.8 Å². The molecule has 1 unspecified atom stereocenters. The Kier molecular flexibility index (Phi) is 4.15. The number of likely N-dealkylation sites (tertiary alicyclic amines) is 1. The highest BCUT2D eigenvalue weighted by molar-refractivity contribution is 5.98. The predicted octanol–water partition coefficient (Wildman–Crippen LogP) is 2.95. The molecule has 5 heteroatoms. The first-order valence-electron chi connectivity index (χ1n) is 8.46. The summed E-state index contributed by atoms with van der Waals surface area (Å²) in [4.78, 5) is 17.4. The number of ether oxygens (including phenoxy) is 1. The molecule has 0 spiro atoms. The number of rotatable bonds is 4. The largest absolute Gasteiger partial charge is 0.489 e. The summed E-state index contributed by atoms with van der Waals surface area (Å²) in [5, 5.41) is 10.6. The van der Waals surface area contributed by atoms with E-state index in [-0.39, 0.29) is 5.91 Å². The van der Waals surface area contributed by atoms with Crippen molar-refractivity contribution in [3.63, 3.8) is 0 Å². The molecule has 5 nitrogen and oxygen atoms in total. The summed E-state index contributed by atoms with van der Waals surface area (Å²) >= 11 is 0. The van der Waals surface area contributed by atoms with Gasteiger partial charge in [-0.3, -0.25) is 4.79 Å². The number of aliphatic hydroxyl groups excluding tert-OH is 1. The number of aromatic amines is 1. The molecule has 1 saturated heterocycles. The van der Waals surface area contributed by atoms with Gasteiger partial charge in [-0.05, 0) is 30.2 Å². The van der Waals surface area contributed by atoms with E-state index in [0.29, 0.717) is 31.8 Å². The molecule has 0 aliphatic carbocycles. The fourth-order valence-electron chi connectivity index (χ4n) is 3.15. The third-order valence-electron chi connectivity index (χ3n) is 4.52. The van der Waals surface area contributed by atoms with Gasteiger partial charge in [0.1, 0.15) is 18.1 Å². The van der Waals surface area contributed by atoms with Crippen molar-refractivity contribution in [2.75, 3.05) is 13.1 Å². The second-order valence-corrected chi connectivity index (χ2v) is 6.40. The maximum absolute atomic E-state index is 12.5. The minimum atomic E-state index is -0.411. The number of aliphatic hydroxyl groups is 1. The molecule has 1 aliphatic rings. The molecule has 1 aromatic heterocycles. The highest BCUT2D eigenvalue weighted by Crippen LogP contribution is 2.23. The first-order chi connectivity index (χ1) is 12.2. The first-order valence-corrected chi connectivity index (χ1v) is 8.46. The Labute approximate surface area is 145 Å². The number of fused-ring (bicyclic) bond motifs is 1. The fraction of sp³-hybridized carbons (Fsp3) is 0.250. The van der Waals surface area contributed by atoms with Crippen molar-refractivity contribution < 1.29 is 14.6 Å². The molecule has 0 saturated carbocycles. The van der Waals surface area contributed by atoms with E-state index in [1.54, 1.807) is 4.90 Å². The van der Waals surface area contributed by atoms with Gasteiger partial charge in [-0.15, -0.1) is 0 Å². The molecule has 3 aromatic rings. The molecular weight excluding hydrogens is 316 g/mol. The van der Waals surface area contributed by atoms with Crippen LogP contribution in [0.2, 0.25) is 0 Å². The molecule has 128 valence electrons. The Morgan fingerprint density at radius 2 is 2.04 bits per heavy atom. The summed E-state index contributed by atoms with van der Waals surface area (Å²) in [6.07, 6.45) is 0.231. The number of aromatic nitrogens is 1. The van der Waals surface area contributed by atoms with Crippen LogP contribution in [0.25, 0.3) is 10.9 Å². The van der Waals surface area contributed by atoms with E-state index in [4.69, 9.17) is 4.74 Å². The Balaban J connectivity index is 1.50. The molecule has 1 aliphatic heterocycles. The van der Waals surface area contributed by atoms with Crippen LogP contribution in [-0.2, 0) is 6.61 Å². The van der Waals surface area contributed by atoms with Crippen molar-refractivity contribution in [2.45, 2.75) is 19.1 Å². The minimum absolute atomic E-state index is 0.0699. The number of H-pyrrole nitrogens is 1. The van der Waals surface area contributed by atoms with E-state index in [1.165, 1.54) is 0 Å². The predicted molar refractivity (Wildman–Crippen MR) is 95.6 cm³/mol. The van der Waals surface area contributed by atoms with Crippen LogP contribution in [0.4, 0.5) is 0 Å². The highest BCUT2D eigenvalue weighted by Gasteiger charge is 2.26. The summed E-state index contributed by atoms with van der Waals surface area (Å²) < 4.78 is 5.84. The molecule has 1 fully saturated rings. The lowest BCUT2D eigenvalue weighted by molar-refractivity contribution is 0.0760. The molecule has 1 amide bonds. The molecule has 4 rings (SSSR count). The van der Waals surface area contributed by atoms with E-state index in [2.05, 4.69) is 4.98 Å². The number of amides is 1. The zero-order valence-corrected chi connectivity index (χ0v) is 13.8. The number of carbonyl (C=O) groups excluding carboxylic acids is 1. The quantitative estimate of drug-likeness (QED) is 0.770. The van der Waals surface area contributed by atoms with Gasteiger partial charge >= 0.3 is 0 Å². The number of hydrogen-bond donors (Lipinski definition) is 2.